The highest BCUT2D eigenvalue weighted by molar-refractivity contribution is 5.97. The third-order valence-electron chi connectivity index (χ3n) is 6.88. The molecule has 2 fully saturated rings. The van der Waals surface area contributed by atoms with Gasteiger partial charge in [-0.3, -0.25) is 24.6 Å². The Morgan fingerprint density at radius 1 is 1.09 bits per heavy atom. The molecule has 1 unspecified atom stereocenters. The van der Waals surface area contributed by atoms with E-state index in [2.05, 4.69) is 10.2 Å². The number of benzene rings is 2. The molecule has 35 heavy (non-hydrogen) atoms. The van der Waals surface area contributed by atoms with Crippen molar-refractivity contribution in [3.05, 3.63) is 75.3 Å². The van der Waals surface area contributed by atoms with Gasteiger partial charge in [-0.25, -0.2) is 0 Å². The average molecular weight is 480 g/mol. The summed E-state index contributed by atoms with van der Waals surface area (Å²) in [5.74, 6) is -0.309. The molecule has 0 aromatic heterocycles. The van der Waals surface area contributed by atoms with Crippen molar-refractivity contribution in [1.82, 2.24) is 15.1 Å². The van der Waals surface area contributed by atoms with E-state index < -0.39 is 11.0 Å². The molecule has 2 aromatic carbocycles. The summed E-state index contributed by atoms with van der Waals surface area (Å²) in [7, 11) is 0. The van der Waals surface area contributed by atoms with Crippen molar-refractivity contribution in [3.63, 3.8) is 0 Å². The number of carbonyl (C=O) groups is 2. The highest BCUT2D eigenvalue weighted by Gasteiger charge is 2.42. The lowest BCUT2D eigenvalue weighted by atomic mass is 9.93. The maximum absolute atomic E-state index is 13.4. The Morgan fingerprint density at radius 2 is 1.77 bits per heavy atom. The zero-order chi connectivity index (χ0) is 24.9. The lowest BCUT2D eigenvalue weighted by Crippen LogP contribution is -2.57. The van der Waals surface area contributed by atoms with E-state index in [4.69, 9.17) is 5.73 Å². The van der Waals surface area contributed by atoms with Gasteiger partial charge >= 0.3 is 0 Å². The van der Waals surface area contributed by atoms with E-state index >= 15 is 0 Å². The number of amides is 2. The van der Waals surface area contributed by atoms with Crippen LogP contribution >= 0.6 is 0 Å². The minimum Gasteiger partial charge on any atom is -0.353 e. The number of non-ortho nitro benzene ring substituents is 1. The maximum Gasteiger partial charge on any atom is 0.269 e. The van der Waals surface area contributed by atoms with Gasteiger partial charge in [0.25, 0.3) is 11.6 Å². The van der Waals surface area contributed by atoms with Crippen molar-refractivity contribution in [1.29, 1.82) is 0 Å². The lowest BCUT2D eigenvalue weighted by molar-refractivity contribution is -0.384. The second kappa shape index (κ2) is 11.0. The number of nitrogens with one attached hydrogen (secondary N) is 1. The van der Waals surface area contributed by atoms with E-state index in [1.807, 2.05) is 31.2 Å². The summed E-state index contributed by atoms with van der Waals surface area (Å²) >= 11 is 0. The van der Waals surface area contributed by atoms with Gasteiger partial charge in [0.05, 0.1) is 4.92 Å². The molecule has 1 aliphatic carbocycles. The third kappa shape index (κ3) is 6.04. The normalized spacial score (nSPS) is 20.0. The molecular weight excluding hydrogens is 446 g/mol. The summed E-state index contributed by atoms with van der Waals surface area (Å²) in [6.45, 7) is 3.82. The van der Waals surface area contributed by atoms with Crippen LogP contribution in [0.2, 0.25) is 0 Å². The molecular formula is C26H33N5O4. The number of hydrogen-bond donors (Lipinski definition) is 2. The number of piperidine rings is 1. The summed E-state index contributed by atoms with van der Waals surface area (Å²) in [6.07, 6.45) is 3.50. The molecule has 1 saturated heterocycles. The highest BCUT2D eigenvalue weighted by Crippen LogP contribution is 2.35. The van der Waals surface area contributed by atoms with Gasteiger partial charge in [-0.1, -0.05) is 29.8 Å². The predicted molar refractivity (Wildman–Crippen MR) is 133 cm³/mol. The Balaban J connectivity index is 1.52. The number of likely N-dealkylation sites (tertiary alicyclic amines) is 1. The highest BCUT2D eigenvalue weighted by atomic mass is 16.6. The number of nitro benzene ring substituents is 1. The Kier molecular flexibility index (Phi) is 7.77. The smallest absolute Gasteiger partial charge is 0.269 e. The fourth-order valence-electron chi connectivity index (χ4n) is 4.81. The fourth-order valence-corrected chi connectivity index (χ4v) is 4.81. The van der Waals surface area contributed by atoms with Crippen LogP contribution < -0.4 is 11.1 Å². The van der Waals surface area contributed by atoms with E-state index in [1.165, 1.54) is 12.1 Å². The monoisotopic (exact) mass is 479 g/mol. The topological polar surface area (TPSA) is 122 Å². The van der Waals surface area contributed by atoms with Crippen LogP contribution in [0.25, 0.3) is 0 Å². The number of rotatable bonds is 9. The van der Waals surface area contributed by atoms with Crippen molar-refractivity contribution in [3.8, 4) is 0 Å². The Hall–Kier alpha value is -3.30. The summed E-state index contributed by atoms with van der Waals surface area (Å²) in [5, 5.41) is 13.9. The third-order valence-corrected chi connectivity index (χ3v) is 6.88. The van der Waals surface area contributed by atoms with Crippen molar-refractivity contribution in [2.45, 2.75) is 57.3 Å². The van der Waals surface area contributed by atoms with Crippen LogP contribution in [0.4, 0.5) is 5.69 Å². The molecule has 1 heterocycles. The van der Waals surface area contributed by atoms with E-state index in [1.54, 1.807) is 17.0 Å². The first-order valence-electron chi connectivity index (χ1n) is 12.2. The van der Waals surface area contributed by atoms with Crippen molar-refractivity contribution < 1.29 is 14.5 Å². The van der Waals surface area contributed by atoms with Gasteiger partial charge < -0.3 is 16.0 Å². The average Bonchev–Trinajstić information content (AvgIpc) is 3.71. The molecule has 0 spiro atoms. The van der Waals surface area contributed by atoms with Crippen LogP contribution in [0.3, 0.4) is 0 Å². The van der Waals surface area contributed by atoms with Gasteiger partial charge in [0.15, 0.2) is 0 Å². The van der Waals surface area contributed by atoms with Crippen molar-refractivity contribution >= 4 is 17.5 Å². The first-order chi connectivity index (χ1) is 16.9. The quantitative estimate of drug-likeness (QED) is 0.421. The number of nitrogens with two attached hydrogens (primary N) is 1. The standard InChI is InChI=1S/C26H33N5O4/c1-18-2-6-20(7-3-18)26(33)29-15-12-23(16-24(29)25(32)28-14-13-27)30(21-10-11-21)17-19-4-8-22(9-5-19)31(34)35/h2-9,21,23-24H,10-17,27H2,1H3,(H,28,32)/t23?,24-/m1/s1. The van der Waals surface area contributed by atoms with Gasteiger partial charge in [-0.15, -0.1) is 0 Å². The van der Waals surface area contributed by atoms with Gasteiger partial charge in [0, 0.05) is 56.0 Å². The van der Waals surface area contributed by atoms with E-state index in [0.717, 1.165) is 30.4 Å². The van der Waals surface area contributed by atoms with Crippen LogP contribution in [-0.2, 0) is 11.3 Å². The predicted octanol–water partition coefficient (Wildman–Crippen LogP) is 2.62. The number of hydrogen-bond acceptors (Lipinski definition) is 6. The first-order valence-corrected chi connectivity index (χ1v) is 12.2. The zero-order valence-electron chi connectivity index (χ0n) is 20.1. The molecule has 1 aliphatic heterocycles. The van der Waals surface area contributed by atoms with E-state index in [0.29, 0.717) is 44.2 Å². The Labute approximate surface area is 205 Å². The van der Waals surface area contributed by atoms with Crippen LogP contribution in [0.15, 0.2) is 48.5 Å². The van der Waals surface area contributed by atoms with Crippen LogP contribution in [-0.4, -0.2) is 64.3 Å². The second-order valence-electron chi connectivity index (χ2n) is 9.47. The maximum atomic E-state index is 13.4. The van der Waals surface area contributed by atoms with Gasteiger partial charge in [0.2, 0.25) is 5.91 Å². The Morgan fingerprint density at radius 3 is 2.37 bits per heavy atom. The number of nitrogens with zero attached hydrogens (tertiary/aromatic N) is 3. The summed E-state index contributed by atoms with van der Waals surface area (Å²) in [4.78, 5) is 41.2. The number of nitro groups is 1. The van der Waals surface area contributed by atoms with E-state index in [-0.39, 0.29) is 23.5 Å². The number of carbonyl (C=O) groups excluding carboxylic acids is 2. The molecule has 186 valence electrons. The molecule has 9 heteroatoms. The van der Waals surface area contributed by atoms with E-state index in [9.17, 15) is 19.7 Å². The molecule has 0 bridgehead atoms. The molecule has 3 N–H and O–H groups in total. The molecule has 1 saturated carbocycles. The molecule has 2 atom stereocenters. The fraction of sp³-hybridized carbons (Fsp3) is 0.462. The SMILES string of the molecule is Cc1ccc(C(=O)N2CCC(N(Cc3ccc([N+](=O)[O-])cc3)C3CC3)C[C@@H]2C(=O)NCCN)cc1. The molecule has 2 aliphatic rings. The van der Waals surface area contributed by atoms with Gasteiger partial charge in [-0.05, 0) is 50.3 Å². The zero-order valence-corrected chi connectivity index (χ0v) is 20.1. The van der Waals surface area contributed by atoms with Crippen molar-refractivity contribution in [2.24, 2.45) is 5.73 Å². The largest absolute Gasteiger partial charge is 0.353 e. The van der Waals surface area contributed by atoms with Crippen LogP contribution in [0.5, 0.6) is 0 Å². The molecule has 0 radical (unpaired) electrons. The lowest BCUT2D eigenvalue weighted by Gasteiger charge is -2.43. The van der Waals surface area contributed by atoms with Crippen LogP contribution in [0, 0.1) is 17.0 Å². The minimum absolute atomic E-state index is 0.0753. The van der Waals surface area contributed by atoms with Gasteiger partial charge in [-0.2, -0.15) is 0 Å². The van der Waals surface area contributed by atoms with Crippen molar-refractivity contribution in [2.75, 3.05) is 19.6 Å². The molecule has 2 amide bonds. The molecule has 4 rings (SSSR count). The van der Waals surface area contributed by atoms with Crippen LogP contribution in [0.1, 0.15) is 47.2 Å². The number of aryl methyl sites for hydroxylation is 1. The minimum atomic E-state index is -0.577. The second-order valence-corrected chi connectivity index (χ2v) is 9.47. The van der Waals surface area contributed by atoms with Gasteiger partial charge in [0.1, 0.15) is 6.04 Å². The Bertz CT molecular complexity index is 1050. The summed E-state index contributed by atoms with van der Waals surface area (Å²) < 4.78 is 0. The first kappa shape index (κ1) is 24.8. The summed E-state index contributed by atoms with van der Waals surface area (Å²) in [5.41, 5.74) is 8.33. The molecule has 2 aromatic rings. The summed E-state index contributed by atoms with van der Waals surface area (Å²) in [6, 6.07) is 14.1. The molecule has 9 nitrogen and oxygen atoms in total.